The number of hydrogen-bond donors (Lipinski definition) is 1. The summed E-state index contributed by atoms with van der Waals surface area (Å²) >= 11 is 0. The lowest BCUT2D eigenvalue weighted by Gasteiger charge is -2.41. The number of anilines is 1. The molecule has 8 heteroatoms. The molecule has 0 spiro atoms. The Labute approximate surface area is 206 Å². The zero-order chi connectivity index (χ0) is 24.2. The Kier molecular flexibility index (Phi) is 6.77. The molecule has 1 saturated carbocycles. The zero-order valence-electron chi connectivity index (χ0n) is 20.3. The molecule has 35 heavy (non-hydrogen) atoms. The van der Waals surface area contributed by atoms with Crippen LogP contribution < -0.4 is 10.6 Å². The number of allylic oxidation sites excluding steroid dienone is 1. The molecule has 2 aliphatic rings. The molecule has 3 aromatic heterocycles. The van der Waals surface area contributed by atoms with Crippen LogP contribution in [-0.4, -0.2) is 65.0 Å². The maximum Gasteiger partial charge on any atom is 0.128 e. The number of hydrogen-bond acceptors (Lipinski definition) is 7. The second-order valence-electron chi connectivity index (χ2n) is 9.33. The molecule has 0 radical (unpaired) electrons. The van der Waals surface area contributed by atoms with Crippen LogP contribution in [0.25, 0.3) is 22.2 Å². The first kappa shape index (κ1) is 23.1. The first-order valence-electron chi connectivity index (χ1n) is 12.4. The third kappa shape index (κ3) is 4.64. The van der Waals surface area contributed by atoms with Crippen LogP contribution in [0.1, 0.15) is 43.2 Å². The van der Waals surface area contributed by atoms with E-state index in [0.717, 1.165) is 65.8 Å². The van der Waals surface area contributed by atoms with Crippen LogP contribution in [0.15, 0.2) is 48.0 Å². The highest BCUT2D eigenvalue weighted by molar-refractivity contribution is 6.10. The summed E-state index contributed by atoms with van der Waals surface area (Å²) in [5, 5.41) is 14.1. The molecule has 1 aliphatic heterocycles. The van der Waals surface area contributed by atoms with Gasteiger partial charge in [-0.25, -0.2) is 9.50 Å². The summed E-state index contributed by atoms with van der Waals surface area (Å²) in [5.41, 5.74) is 10.6. The summed E-state index contributed by atoms with van der Waals surface area (Å²) in [6, 6.07) is 9.23. The molecule has 1 aliphatic carbocycles. The van der Waals surface area contributed by atoms with Crippen LogP contribution in [0.4, 0.5) is 5.82 Å². The van der Waals surface area contributed by atoms with Crippen LogP contribution in [0, 0.1) is 11.3 Å². The monoisotopic (exact) mass is 468 g/mol. The highest BCUT2D eigenvalue weighted by Crippen LogP contribution is 2.31. The quantitative estimate of drug-likeness (QED) is 0.573. The van der Waals surface area contributed by atoms with Crippen LogP contribution in [0.3, 0.4) is 0 Å². The molecule has 0 amide bonds. The molecule has 0 bridgehead atoms. The van der Waals surface area contributed by atoms with E-state index in [-0.39, 0.29) is 0 Å². The van der Waals surface area contributed by atoms with E-state index in [0.29, 0.717) is 5.56 Å². The molecule has 3 aromatic rings. The van der Waals surface area contributed by atoms with Gasteiger partial charge in [0, 0.05) is 86.3 Å². The second-order valence-corrected chi connectivity index (χ2v) is 9.33. The number of pyridine rings is 2. The van der Waals surface area contributed by atoms with Crippen molar-refractivity contribution in [3.05, 3.63) is 54.1 Å². The number of nitriles is 1. The van der Waals surface area contributed by atoms with Crippen molar-refractivity contribution in [2.45, 2.75) is 38.1 Å². The van der Waals surface area contributed by atoms with Gasteiger partial charge < -0.3 is 10.6 Å². The van der Waals surface area contributed by atoms with E-state index in [4.69, 9.17) is 10.7 Å². The van der Waals surface area contributed by atoms with Crippen molar-refractivity contribution >= 4 is 23.1 Å². The molecule has 0 aromatic carbocycles. The van der Waals surface area contributed by atoms with Gasteiger partial charge in [-0.05, 0) is 31.0 Å². The Bertz CT molecular complexity index is 1270. The Balaban J connectivity index is 1.41. The highest BCUT2D eigenvalue weighted by Gasteiger charge is 2.25. The van der Waals surface area contributed by atoms with Gasteiger partial charge in [0.05, 0.1) is 17.3 Å². The summed E-state index contributed by atoms with van der Waals surface area (Å²) in [5.74, 6) is 0.999. The minimum atomic E-state index is 0.525. The first-order valence-corrected chi connectivity index (χ1v) is 12.4. The van der Waals surface area contributed by atoms with Gasteiger partial charge in [0.1, 0.15) is 11.9 Å². The standard InChI is InChI=1S/C27H32N8/c1-30-16-22(14-28)21-13-25(27-23(15-29)18-32-35(27)19-21)20-7-8-26(31-17-20)34-11-9-33(10-12-34)24-5-3-2-4-6-24/h7-8,13-14,16-19,24H,2-6,9-12,28H2,1H3. The topological polar surface area (TPSA) is 98.8 Å². The molecule has 0 atom stereocenters. The van der Waals surface area contributed by atoms with E-state index >= 15 is 0 Å². The third-order valence-corrected chi connectivity index (χ3v) is 7.30. The number of rotatable bonds is 5. The van der Waals surface area contributed by atoms with Gasteiger partial charge >= 0.3 is 0 Å². The van der Waals surface area contributed by atoms with Crippen molar-refractivity contribution in [3.63, 3.8) is 0 Å². The summed E-state index contributed by atoms with van der Waals surface area (Å²) in [7, 11) is 1.71. The van der Waals surface area contributed by atoms with E-state index in [1.807, 2.05) is 18.5 Å². The molecular weight excluding hydrogens is 436 g/mol. The third-order valence-electron chi connectivity index (χ3n) is 7.30. The average Bonchev–Trinajstić information content (AvgIpc) is 3.35. The number of nitrogens with zero attached hydrogens (tertiary/aromatic N) is 7. The molecule has 8 nitrogen and oxygen atoms in total. The number of nitrogens with two attached hydrogens (primary N) is 1. The molecular formula is C27H32N8. The van der Waals surface area contributed by atoms with Crippen molar-refractivity contribution in [2.24, 2.45) is 10.7 Å². The summed E-state index contributed by atoms with van der Waals surface area (Å²) in [4.78, 5) is 14.0. The predicted molar refractivity (Wildman–Crippen MR) is 140 cm³/mol. The number of fused-ring (bicyclic) bond motifs is 1. The van der Waals surface area contributed by atoms with Crippen molar-refractivity contribution in [1.29, 1.82) is 5.26 Å². The number of aromatic nitrogens is 3. The van der Waals surface area contributed by atoms with Gasteiger partial charge in [-0.3, -0.25) is 9.89 Å². The lowest BCUT2D eigenvalue weighted by Crippen LogP contribution is -2.51. The van der Waals surface area contributed by atoms with Crippen molar-refractivity contribution in [3.8, 4) is 17.2 Å². The van der Waals surface area contributed by atoms with Gasteiger partial charge in [0.25, 0.3) is 0 Å². The zero-order valence-corrected chi connectivity index (χ0v) is 20.3. The maximum atomic E-state index is 9.65. The lowest BCUT2D eigenvalue weighted by atomic mass is 9.94. The molecule has 4 heterocycles. The molecule has 5 rings (SSSR count). The summed E-state index contributed by atoms with van der Waals surface area (Å²) in [6.45, 7) is 4.21. The van der Waals surface area contributed by atoms with Gasteiger partial charge in [0.2, 0.25) is 0 Å². The van der Waals surface area contributed by atoms with E-state index in [1.54, 1.807) is 24.0 Å². The minimum absolute atomic E-state index is 0.525. The highest BCUT2D eigenvalue weighted by atomic mass is 15.3. The molecule has 180 valence electrons. The van der Waals surface area contributed by atoms with Crippen LogP contribution in [-0.2, 0) is 0 Å². The van der Waals surface area contributed by atoms with Crippen molar-refractivity contribution in [1.82, 2.24) is 19.5 Å². The van der Waals surface area contributed by atoms with E-state index < -0.39 is 0 Å². The Hall–Kier alpha value is -3.70. The lowest BCUT2D eigenvalue weighted by molar-refractivity contribution is 0.147. The van der Waals surface area contributed by atoms with Crippen molar-refractivity contribution in [2.75, 3.05) is 38.1 Å². The Morgan fingerprint density at radius 2 is 1.94 bits per heavy atom. The van der Waals surface area contributed by atoms with Gasteiger partial charge in [0.15, 0.2) is 0 Å². The van der Waals surface area contributed by atoms with Gasteiger partial charge in [-0.1, -0.05) is 19.3 Å². The fraction of sp³-hybridized carbons (Fsp3) is 0.407. The summed E-state index contributed by atoms with van der Waals surface area (Å²) < 4.78 is 1.73. The first-order chi connectivity index (χ1) is 17.2. The average molecular weight is 469 g/mol. The minimum Gasteiger partial charge on any atom is -0.404 e. The normalized spacial score (nSPS) is 18.4. The number of piperazine rings is 1. The SMILES string of the molecule is CN=CC(=CN)c1cc(-c2ccc(N3CCN(C4CCCCC4)CC3)nc2)c2c(C#N)cnn2c1. The second kappa shape index (κ2) is 10.3. The van der Waals surface area contributed by atoms with Crippen LogP contribution in [0.2, 0.25) is 0 Å². The largest absolute Gasteiger partial charge is 0.404 e. The van der Waals surface area contributed by atoms with Gasteiger partial charge in [-0.15, -0.1) is 0 Å². The van der Waals surface area contributed by atoms with E-state index in [2.05, 4.69) is 38.1 Å². The Morgan fingerprint density at radius 1 is 1.14 bits per heavy atom. The predicted octanol–water partition coefficient (Wildman–Crippen LogP) is 3.72. The van der Waals surface area contributed by atoms with Gasteiger partial charge in [-0.2, -0.15) is 10.4 Å². The fourth-order valence-electron chi connectivity index (χ4n) is 5.43. The molecule has 2 fully saturated rings. The Morgan fingerprint density at radius 3 is 2.60 bits per heavy atom. The molecule has 2 N–H and O–H groups in total. The smallest absolute Gasteiger partial charge is 0.128 e. The van der Waals surface area contributed by atoms with Crippen LogP contribution in [0.5, 0.6) is 0 Å². The van der Waals surface area contributed by atoms with E-state index in [9.17, 15) is 5.26 Å². The molecule has 1 saturated heterocycles. The van der Waals surface area contributed by atoms with E-state index in [1.165, 1.54) is 38.3 Å². The number of aliphatic imine (C=N–C) groups is 1. The summed E-state index contributed by atoms with van der Waals surface area (Å²) in [6.07, 6.45) is 15.5. The molecule has 0 unspecified atom stereocenters. The fourth-order valence-corrected chi connectivity index (χ4v) is 5.43. The van der Waals surface area contributed by atoms with Crippen LogP contribution >= 0.6 is 0 Å². The maximum absolute atomic E-state index is 9.65. The van der Waals surface area contributed by atoms with Crippen molar-refractivity contribution < 1.29 is 0 Å².